The molecule has 10 heteroatoms. The molecule has 1 aliphatic rings. The SMILES string of the molecule is CCCCCNC(=O)[C@H]1N(C(=O)[C@@H](O)[C@H](Cc2ccccc2)NC(=O)c2cccc(O)c2C)CC(F)(F)C1(C)C. The van der Waals surface area contributed by atoms with Crippen molar-refractivity contribution in [1.82, 2.24) is 15.5 Å². The Balaban J connectivity index is 1.91. The van der Waals surface area contributed by atoms with E-state index in [0.29, 0.717) is 17.5 Å². The zero-order valence-electron chi connectivity index (χ0n) is 23.4. The first-order valence-electron chi connectivity index (χ1n) is 13.6. The molecular formula is C30H39F2N3O5. The molecule has 0 aromatic heterocycles. The predicted molar refractivity (Wildman–Crippen MR) is 147 cm³/mol. The summed E-state index contributed by atoms with van der Waals surface area (Å²) in [5, 5.41) is 26.6. The van der Waals surface area contributed by atoms with E-state index in [4.69, 9.17) is 0 Å². The Kier molecular flexibility index (Phi) is 9.89. The van der Waals surface area contributed by atoms with E-state index in [-0.39, 0.29) is 24.3 Å². The molecule has 2 aromatic rings. The number of nitrogens with one attached hydrogen (secondary N) is 2. The Morgan fingerprint density at radius 3 is 2.40 bits per heavy atom. The molecule has 218 valence electrons. The number of unbranched alkanes of at least 4 members (excludes halogenated alkanes) is 2. The standard InChI is InChI=1S/C30H39F2N3O5/c1-5-6-10-16-33-27(39)25-29(3,4)30(31,32)18-35(25)28(40)24(37)22(17-20-12-8-7-9-13-20)34-26(38)21-14-11-15-23(36)19(21)2/h7-9,11-15,22,24-25,36-37H,5-6,10,16-18H2,1-4H3,(H,33,39)(H,34,38)/t22-,24-,25+/m0/s1. The van der Waals surface area contributed by atoms with Crippen LogP contribution in [-0.4, -0.2) is 70.0 Å². The van der Waals surface area contributed by atoms with Gasteiger partial charge in [-0.1, -0.05) is 70.0 Å². The number of aromatic hydroxyl groups is 1. The molecule has 2 aromatic carbocycles. The van der Waals surface area contributed by atoms with Gasteiger partial charge in [0.25, 0.3) is 17.7 Å². The van der Waals surface area contributed by atoms with Crippen molar-refractivity contribution in [3.8, 4) is 5.75 Å². The number of aliphatic hydroxyl groups excluding tert-OH is 1. The van der Waals surface area contributed by atoms with Crippen molar-refractivity contribution < 1.29 is 33.4 Å². The molecule has 3 rings (SSSR count). The molecule has 1 aliphatic heterocycles. The largest absolute Gasteiger partial charge is 0.508 e. The van der Waals surface area contributed by atoms with E-state index >= 15 is 8.78 Å². The third-order valence-electron chi connectivity index (χ3n) is 7.72. The summed E-state index contributed by atoms with van der Waals surface area (Å²) in [7, 11) is 0. The van der Waals surface area contributed by atoms with Crippen LogP contribution in [0.25, 0.3) is 0 Å². The number of hydrogen-bond acceptors (Lipinski definition) is 5. The van der Waals surface area contributed by atoms with Gasteiger partial charge in [-0.3, -0.25) is 14.4 Å². The minimum Gasteiger partial charge on any atom is -0.508 e. The summed E-state index contributed by atoms with van der Waals surface area (Å²) in [5.41, 5.74) is -0.769. The average Bonchev–Trinajstić information content (AvgIpc) is 3.10. The molecule has 1 fully saturated rings. The highest BCUT2D eigenvalue weighted by Crippen LogP contribution is 2.48. The van der Waals surface area contributed by atoms with Crippen LogP contribution in [0.2, 0.25) is 0 Å². The van der Waals surface area contributed by atoms with Crippen LogP contribution in [0.1, 0.15) is 61.5 Å². The van der Waals surface area contributed by atoms with Crippen molar-refractivity contribution in [2.45, 2.75) is 77.5 Å². The second-order valence-corrected chi connectivity index (χ2v) is 11.0. The van der Waals surface area contributed by atoms with Crippen molar-refractivity contribution >= 4 is 17.7 Å². The number of carbonyl (C=O) groups is 3. The molecule has 0 bridgehead atoms. The first-order valence-corrected chi connectivity index (χ1v) is 13.6. The zero-order valence-corrected chi connectivity index (χ0v) is 23.4. The molecule has 8 nitrogen and oxygen atoms in total. The summed E-state index contributed by atoms with van der Waals surface area (Å²) in [6.07, 6.45) is 0.518. The van der Waals surface area contributed by atoms with Gasteiger partial charge in [0.05, 0.1) is 18.0 Å². The molecule has 3 atom stereocenters. The number of rotatable bonds is 11. The summed E-state index contributed by atoms with van der Waals surface area (Å²) in [5.74, 6) is -5.94. The maximum absolute atomic E-state index is 15.2. The monoisotopic (exact) mass is 559 g/mol. The second kappa shape index (κ2) is 12.8. The fraction of sp³-hybridized carbons (Fsp3) is 0.500. The highest BCUT2D eigenvalue weighted by molar-refractivity contribution is 5.97. The molecule has 40 heavy (non-hydrogen) atoms. The number of phenols is 1. The third kappa shape index (κ3) is 6.60. The van der Waals surface area contributed by atoms with Crippen molar-refractivity contribution in [2.24, 2.45) is 5.41 Å². The number of nitrogens with zero attached hydrogens (tertiary/aromatic N) is 1. The maximum atomic E-state index is 15.2. The number of alkyl halides is 2. The number of benzene rings is 2. The molecule has 0 saturated carbocycles. The normalized spacial score (nSPS) is 19.1. The highest BCUT2D eigenvalue weighted by atomic mass is 19.3. The summed E-state index contributed by atoms with van der Waals surface area (Å²) in [6.45, 7) is 5.26. The van der Waals surface area contributed by atoms with Gasteiger partial charge in [-0.2, -0.15) is 0 Å². The second-order valence-electron chi connectivity index (χ2n) is 11.0. The van der Waals surface area contributed by atoms with Crippen LogP contribution < -0.4 is 10.6 Å². The fourth-order valence-corrected chi connectivity index (χ4v) is 5.02. The Bertz CT molecular complexity index is 1210. The number of amides is 3. The number of likely N-dealkylation sites (tertiary alicyclic amines) is 1. The van der Waals surface area contributed by atoms with Gasteiger partial charge in [-0.05, 0) is 37.5 Å². The number of carbonyl (C=O) groups excluding carboxylic acids is 3. The van der Waals surface area contributed by atoms with E-state index < -0.39 is 53.8 Å². The number of halogens is 2. The fourth-order valence-electron chi connectivity index (χ4n) is 5.02. The van der Waals surface area contributed by atoms with E-state index in [1.54, 1.807) is 37.3 Å². The Morgan fingerprint density at radius 2 is 1.75 bits per heavy atom. The molecule has 1 heterocycles. The Morgan fingerprint density at radius 1 is 1.07 bits per heavy atom. The lowest BCUT2D eigenvalue weighted by molar-refractivity contribution is -0.148. The van der Waals surface area contributed by atoms with Gasteiger partial charge in [-0.15, -0.1) is 0 Å². The summed E-state index contributed by atoms with van der Waals surface area (Å²) in [6, 6.07) is 10.5. The van der Waals surface area contributed by atoms with Crippen LogP contribution in [0.4, 0.5) is 8.78 Å². The number of phenolic OH excluding ortho intramolecular Hbond substituents is 1. The van der Waals surface area contributed by atoms with Gasteiger partial charge < -0.3 is 25.7 Å². The Hall–Kier alpha value is -3.53. The lowest BCUT2D eigenvalue weighted by Crippen LogP contribution is -2.57. The quantitative estimate of drug-likeness (QED) is 0.314. The molecular weight excluding hydrogens is 520 g/mol. The van der Waals surface area contributed by atoms with Gasteiger partial charge in [0.1, 0.15) is 11.8 Å². The van der Waals surface area contributed by atoms with E-state index in [1.165, 1.54) is 32.0 Å². The van der Waals surface area contributed by atoms with E-state index in [0.717, 1.165) is 17.7 Å². The molecule has 0 unspecified atom stereocenters. The molecule has 1 saturated heterocycles. The average molecular weight is 560 g/mol. The van der Waals surface area contributed by atoms with Gasteiger partial charge >= 0.3 is 0 Å². The summed E-state index contributed by atoms with van der Waals surface area (Å²) in [4.78, 5) is 40.7. The first-order chi connectivity index (χ1) is 18.8. The molecule has 3 amide bonds. The minimum atomic E-state index is -3.40. The Labute approximate surface area is 233 Å². The van der Waals surface area contributed by atoms with Crippen molar-refractivity contribution in [3.05, 3.63) is 65.2 Å². The summed E-state index contributed by atoms with van der Waals surface area (Å²) < 4.78 is 30.3. The van der Waals surface area contributed by atoms with Crippen molar-refractivity contribution in [2.75, 3.05) is 13.1 Å². The third-order valence-corrected chi connectivity index (χ3v) is 7.72. The predicted octanol–water partition coefficient (Wildman–Crippen LogP) is 3.58. The van der Waals surface area contributed by atoms with Crippen LogP contribution in [0.5, 0.6) is 5.75 Å². The first kappa shape index (κ1) is 31.0. The van der Waals surface area contributed by atoms with Gasteiger partial charge in [0.15, 0.2) is 6.10 Å². The van der Waals surface area contributed by atoms with E-state index in [2.05, 4.69) is 10.6 Å². The highest BCUT2D eigenvalue weighted by Gasteiger charge is 2.64. The van der Waals surface area contributed by atoms with Crippen LogP contribution in [0, 0.1) is 12.3 Å². The lowest BCUT2D eigenvalue weighted by Gasteiger charge is -2.34. The van der Waals surface area contributed by atoms with Gasteiger partial charge in [0, 0.05) is 17.7 Å². The molecule has 4 N–H and O–H groups in total. The molecule has 0 spiro atoms. The van der Waals surface area contributed by atoms with Crippen LogP contribution in [-0.2, 0) is 16.0 Å². The van der Waals surface area contributed by atoms with Gasteiger partial charge in [0.2, 0.25) is 5.91 Å². The van der Waals surface area contributed by atoms with Gasteiger partial charge in [-0.25, -0.2) is 8.78 Å². The van der Waals surface area contributed by atoms with E-state index in [1.807, 2.05) is 6.92 Å². The van der Waals surface area contributed by atoms with Crippen LogP contribution in [0.15, 0.2) is 48.5 Å². The van der Waals surface area contributed by atoms with Crippen LogP contribution in [0.3, 0.4) is 0 Å². The van der Waals surface area contributed by atoms with Crippen molar-refractivity contribution in [3.63, 3.8) is 0 Å². The topological polar surface area (TPSA) is 119 Å². The lowest BCUT2D eigenvalue weighted by atomic mass is 9.81. The maximum Gasteiger partial charge on any atom is 0.272 e. The molecule has 0 aliphatic carbocycles. The summed E-state index contributed by atoms with van der Waals surface area (Å²) >= 11 is 0. The number of aliphatic hydroxyl groups is 1. The smallest absolute Gasteiger partial charge is 0.272 e. The van der Waals surface area contributed by atoms with Crippen molar-refractivity contribution in [1.29, 1.82) is 0 Å². The molecule has 0 radical (unpaired) electrons. The zero-order chi connectivity index (χ0) is 29.7. The van der Waals surface area contributed by atoms with Crippen LogP contribution >= 0.6 is 0 Å². The van der Waals surface area contributed by atoms with E-state index in [9.17, 15) is 24.6 Å². The minimum absolute atomic E-state index is 0.0128. The number of hydrogen-bond donors (Lipinski definition) is 4.